The van der Waals surface area contributed by atoms with E-state index in [4.69, 9.17) is 0 Å². The van der Waals surface area contributed by atoms with Crippen molar-refractivity contribution < 1.29 is 4.92 Å². The summed E-state index contributed by atoms with van der Waals surface area (Å²) in [7, 11) is 1.94. The number of benzene rings is 1. The van der Waals surface area contributed by atoms with E-state index in [9.17, 15) is 10.1 Å². The van der Waals surface area contributed by atoms with Gasteiger partial charge in [0.05, 0.1) is 10.3 Å². The first kappa shape index (κ1) is 15.4. The highest BCUT2D eigenvalue weighted by Gasteiger charge is 2.25. The number of likely N-dealkylation sites (N-methyl/N-ethyl adjacent to an activating group) is 1. The molecule has 5 nitrogen and oxygen atoms in total. The van der Waals surface area contributed by atoms with E-state index in [-0.39, 0.29) is 22.6 Å². The number of nitrogens with zero attached hydrogens (tertiary/aromatic N) is 2. The first-order valence-corrected chi connectivity index (χ1v) is 7.15. The second-order valence-corrected chi connectivity index (χ2v) is 5.70. The molecule has 0 aliphatic heterocycles. The van der Waals surface area contributed by atoms with Gasteiger partial charge >= 0.3 is 0 Å². The van der Waals surface area contributed by atoms with Crippen molar-refractivity contribution in [3.8, 4) is 0 Å². The van der Waals surface area contributed by atoms with E-state index in [1.807, 2.05) is 19.2 Å². The molecule has 2 aromatic rings. The van der Waals surface area contributed by atoms with E-state index in [2.05, 4.69) is 31.1 Å². The Balaban J connectivity index is 2.70. The SMILES string of the molecule is CNC(C)C(c1ccc([N+](=O)[O-])c2cnccc12)C(C)C. The van der Waals surface area contributed by atoms with Crippen LogP contribution < -0.4 is 5.32 Å². The van der Waals surface area contributed by atoms with Crippen LogP contribution >= 0.6 is 0 Å². The molecule has 1 heterocycles. The number of nitrogens with one attached hydrogen (secondary N) is 1. The molecule has 2 unspecified atom stereocenters. The molecule has 2 atom stereocenters. The van der Waals surface area contributed by atoms with Crippen molar-refractivity contribution in [1.82, 2.24) is 10.3 Å². The number of nitro groups is 1. The normalized spacial score (nSPS) is 14.3. The average Bonchev–Trinajstić information content (AvgIpc) is 2.46. The molecule has 0 aliphatic carbocycles. The minimum atomic E-state index is -0.348. The maximum absolute atomic E-state index is 11.2. The van der Waals surface area contributed by atoms with E-state index in [1.165, 1.54) is 0 Å². The van der Waals surface area contributed by atoms with Gasteiger partial charge in [0, 0.05) is 30.4 Å². The van der Waals surface area contributed by atoms with Gasteiger partial charge in [-0.1, -0.05) is 19.9 Å². The zero-order chi connectivity index (χ0) is 15.6. The van der Waals surface area contributed by atoms with Crippen LogP contribution in [0.5, 0.6) is 0 Å². The molecular formula is C16H21N3O2. The molecule has 0 saturated carbocycles. The Hall–Kier alpha value is -2.01. The smallest absolute Gasteiger partial charge is 0.278 e. The van der Waals surface area contributed by atoms with Crippen molar-refractivity contribution in [3.05, 3.63) is 46.3 Å². The summed E-state index contributed by atoms with van der Waals surface area (Å²) in [5.41, 5.74) is 1.25. The Morgan fingerprint density at radius 2 is 1.90 bits per heavy atom. The maximum Gasteiger partial charge on any atom is 0.278 e. The van der Waals surface area contributed by atoms with E-state index < -0.39 is 0 Å². The molecule has 21 heavy (non-hydrogen) atoms. The van der Waals surface area contributed by atoms with Gasteiger partial charge in [-0.25, -0.2) is 0 Å². The summed E-state index contributed by atoms with van der Waals surface area (Å²) in [5.74, 6) is 0.700. The molecule has 1 N–H and O–H groups in total. The quantitative estimate of drug-likeness (QED) is 0.675. The molecule has 1 aromatic heterocycles. The minimum Gasteiger partial charge on any atom is -0.317 e. The van der Waals surface area contributed by atoms with Gasteiger partial charge in [-0.3, -0.25) is 15.1 Å². The van der Waals surface area contributed by atoms with Crippen molar-refractivity contribution in [3.63, 3.8) is 0 Å². The molecule has 0 bridgehead atoms. The van der Waals surface area contributed by atoms with Crippen molar-refractivity contribution in [2.24, 2.45) is 5.92 Å². The van der Waals surface area contributed by atoms with Crippen molar-refractivity contribution in [2.75, 3.05) is 7.05 Å². The van der Waals surface area contributed by atoms with Crippen molar-refractivity contribution in [2.45, 2.75) is 32.7 Å². The number of hydrogen-bond acceptors (Lipinski definition) is 4. The minimum absolute atomic E-state index is 0.112. The van der Waals surface area contributed by atoms with Crippen LogP contribution in [0.15, 0.2) is 30.6 Å². The third-order valence-electron chi connectivity index (χ3n) is 4.10. The predicted molar refractivity (Wildman–Crippen MR) is 84.5 cm³/mol. The molecule has 5 heteroatoms. The molecule has 0 amide bonds. The Morgan fingerprint density at radius 3 is 2.48 bits per heavy atom. The lowest BCUT2D eigenvalue weighted by Gasteiger charge is -2.28. The Morgan fingerprint density at radius 1 is 1.19 bits per heavy atom. The number of non-ortho nitro benzene ring substituents is 1. The number of aromatic nitrogens is 1. The fourth-order valence-corrected chi connectivity index (χ4v) is 3.03. The summed E-state index contributed by atoms with van der Waals surface area (Å²) >= 11 is 0. The summed E-state index contributed by atoms with van der Waals surface area (Å²) in [6, 6.07) is 5.63. The monoisotopic (exact) mass is 287 g/mol. The Kier molecular flexibility index (Phi) is 4.53. The average molecular weight is 287 g/mol. The van der Waals surface area contributed by atoms with Gasteiger partial charge in [0.2, 0.25) is 0 Å². The molecule has 0 fully saturated rings. The number of nitro benzene ring substituents is 1. The number of pyridine rings is 1. The summed E-state index contributed by atoms with van der Waals surface area (Å²) in [6.45, 7) is 6.49. The first-order chi connectivity index (χ1) is 9.97. The maximum atomic E-state index is 11.2. The predicted octanol–water partition coefficient (Wildman–Crippen LogP) is 3.49. The van der Waals surface area contributed by atoms with Crippen LogP contribution in [-0.2, 0) is 0 Å². The van der Waals surface area contributed by atoms with E-state index >= 15 is 0 Å². The Labute approximate surface area is 124 Å². The summed E-state index contributed by atoms with van der Waals surface area (Å²) in [5, 5.41) is 16.0. The Bertz CT molecular complexity index is 655. The second-order valence-electron chi connectivity index (χ2n) is 5.70. The zero-order valence-electron chi connectivity index (χ0n) is 12.8. The van der Waals surface area contributed by atoms with Crippen molar-refractivity contribution >= 4 is 16.5 Å². The van der Waals surface area contributed by atoms with Crippen LogP contribution in [0.4, 0.5) is 5.69 Å². The summed E-state index contributed by atoms with van der Waals surface area (Å²) < 4.78 is 0. The van der Waals surface area contributed by atoms with E-state index in [0.717, 1.165) is 10.9 Å². The molecule has 0 saturated heterocycles. The highest BCUT2D eigenvalue weighted by molar-refractivity contribution is 5.93. The largest absolute Gasteiger partial charge is 0.317 e. The van der Waals surface area contributed by atoms with Crippen LogP contribution in [0, 0.1) is 16.0 Å². The third kappa shape index (κ3) is 2.88. The summed E-state index contributed by atoms with van der Waals surface area (Å²) in [6.07, 6.45) is 3.27. The van der Waals surface area contributed by atoms with Gasteiger partial charge in [-0.05, 0) is 36.9 Å². The number of rotatable bonds is 5. The molecule has 0 radical (unpaired) electrons. The third-order valence-corrected chi connectivity index (χ3v) is 4.10. The highest BCUT2D eigenvalue weighted by atomic mass is 16.6. The zero-order valence-corrected chi connectivity index (χ0v) is 12.8. The molecule has 0 spiro atoms. The van der Waals surface area contributed by atoms with E-state index in [1.54, 1.807) is 18.5 Å². The molecule has 1 aromatic carbocycles. The lowest BCUT2D eigenvalue weighted by molar-refractivity contribution is -0.383. The lowest BCUT2D eigenvalue weighted by atomic mass is 9.81. The van der Waals surface area contributed by atoms with E-state index in [0.29, 0.717) is 11.3 Å². The summed E-state index contributed by atoms with van der Waals surface area (Å²) in [4.78, 5) is 14.9. The number of fused-ring (bicyclic) bond motifs is 1. The van der Waals surface area contributed by atoms with Crippen LogP contribution in [0.1, 0.15) is 32.3 Å². The standard InChI is InChI=1S/C16H21N3O2/c1-10(2)16(11(3)17-4)13-5-6-15(19(20)21)14-9-18-8-7-12(13)14/h5-11,16-17H,1-4H3. The van der Waals surface area contributed by atoms with Gasteiger partial charge in [0.15, 0.2) is 0 Å². The van der Waals surface area contributed by atoms with Gasteiger partial charge in [0.1, 0.15) is 0 Å². The highest BCUT2D eigenvalue weighted by Crippen LogP contribution is 2.36. The second kappa shape index (κ2) is 6.18. The topological polar surface area (TPSA) is 68.1 Å². The van der Waals surface area contributed by atoms with Crippen LogP contribution in [0.25, 0.3) is 10.8 Å². The van der Waals surface area contributed by atoms with Gasteiger partial charge < -0.3 is 5.32 Å². The molecular weight excluding hydrogens is 266 g/mol. The fourth-order valence-electron chi connectivity index (χ4n) is 3.03. The molecule has 112 valence electrons. The van der Waals surface area contributed by atoms with Gasteiger partial charge in [-0.15, -0.1) is 0 Å². The van der Waals surface area contributed by atoms with Crippen LogP contribution in [-0.4, -0.2) is 23.0 Å². The van der Waals surface area contributed by atoms with Gasteiger partial charge in [-0.2, -0.15) is 0 Å². The molecule has 2 rings (SSSR count). The number of hydrogen-bond donors (Lipinski definition) is 1. The van der Waals surface area contributed by atoms with Crippen LogP contribution in [0.3, 0.4) is 0 Å². The van der Waals surface area contributed by atoms with Crippen molar-refractivity contribution in [1.29, 1.82) is 0 Å². The fraction of sp³-hybridized carbons (Fsp3) is 0.438. The molecule has 0 aliphatic rings. The first-order valence-electron chi connectivity index (χ1n) is 7.15. The lowest BCUT2D eigenvalue weighted by Crippen LogP contribution is -2.32. The van der Waals surface area contributed by atoms with Crippen LogP contribution in [0.2, 0.25) is 0 Å². The van der Waals surface area contributed by atoms with Gasteiger partial charge in [0.25, 0.3) is 5.69 Å².